The van der Waals surface area contributed by atoms with Gasteiger partial charge in [-0.2, -0.15) is 5.10 Å². The molecule has 0 aliphatic carbocycles. The van der Waals surface area contributed by atoms with E-state index in [4.69, 9.17) is 4.74 Å². The maximum Gasteiger partial charge on any atom is 0.573 e. The molecule has 1 aromatic carbocycles. The number of hydrogen-bond donors (Lipinski definition) is 2. The third-order valence-electron chi connectivity index (χ3n) is 5.35. The number of nitrogens with one attached hydrogen (secondary N) is 1. The number of halogens is 4. The molecule has 0 bridgehead atoms. The van der Waals surface area contributed by atoms with Gasteiger partial charge in [-0.1, -0.05) is 6.07 Å². The average molecular weight is 519 g/mol. The van der Waals surface area contributed by atoms with Gasteiger partial charge in [0.1, 0.15) is 5.56 Å². The molecule has 0 aliphatic heterocycles. The minimum atomic E-state index is -5.08. The van der Waals surface area contributed by atoms with Gasteiger partial charge in [-0.25, -0.2) is 18.9 Å². The van der Waals surface area contributed by atoms with Crippen LogP contribution in [0.5, 0.6) is 11.6 Å². The second-order valence-corrected chi connectivity index (χ2v) is 8.50. The SMILES string of the molecule is COc1ncccc1-c1ccn2ncc(C(=O)N[C@@H](c3ccc(OC(F)(F)F)c(F)c3)C(C)(C)O)c2n1. The Hall–Kier alpha value is -4.26. The van der Waals surface area contributed by atoms with Crippen molar-refractivity contribution in [3.05, 3.63) is 71.9 Å². The molecule has 0 aliphatic rings. The van der Waals surface area contributed by atoms with Crippen molar-refractivity contribution in [3.63, 3.8) is 0 Å². The molecule has 0 saturated heterocycles. The molecule has 3 aromatic heterocycles. The van der Waals surface area contributed by atoms with Gasteiger partial charge >= 0.3 is 6.36 Å². The number of amides is 1. The van der Waals surface area contributed by atoms with E-state index in [0.717, 1.165) is 18.2 Å². The van der Waals surface area contributed by atoms with Crippen molar-refractivity contribution in [2.45, 2.75) is 31.9 Å². The summed E-state index contributed by atoms with van der Waals surface area (Å²) >= 11 is 0. The summed E-state index contributed by atoms with van der Waals surface area (Å²) in [5.74, 6) is -2.74. The van der Waals surface area contributed by atoms with Crippen molar-refractivity contribution < 1.29 is 36.9 Å². The fraction of sp³-hybridized carbons (Fsp3) is 0.250. The lowest BCUT2D eigenvalue weighted by Gasteiger charge is -2.30. The number of rotatable bonds is 7. The standard InChI is InChI=1S/C24H21F4N5O4/c1-23(2,35)19(13-6-7-18(16(25)11-13)37-24(26,27)28)32-21(34)15-12-30-33-10-8-17(31-20(15)33)14-5-4-9-29-22(14)36-3/h4-12,19,35H,1-3H3,(H,32,34)/t19-/m0/s1. The van der Waals surface area contributed by atoms with Crippen LogP contribution in [0.4, 0.5) is 17.6 Å². The Morgan fingerprint density at radius 3 is 2.59 bits per heavy atom. The zero-order valence-corrected chi connectivity index (χ0v) is 19.7. The number of aliphatic hydroxyl groups is 1. The number of carbonyl (C=O) groups is 1. The first-order valence-electron chi connectivity index (χ1n) is 10.8. The molecule has 13 heteroatoms. The second kappa shape index (κ2) is 9.65. The van der Waals surface area contributed by atoms with E-state index in [9.17, 15) is 27.5 Å². The second-order valence-electron chi connectivity index (χ2n) is 8.50. The molecule has 0 radical (unpaired) electrons. The van der Waals surface area contributed by atoms with Crippen molar-refractivity contribution in [1.29, 1.82) is 0 Å². The van der Waals surface area contributed by atoms with Gasteiger partial charge in [0.05, 0.1) is 36.2 Å². The molecule has 37 heavy (non-hydrogen) atoms. The van der Waals surface area contributed by atoms with Crippen LogP contribution >= 0.6 is 0 Å². The third kappa shape index (κ3) is 5.61. The molecule has 0 saturated carbocycles. The molecular formula is C24H21F4N5O4. The van der Waals surface area contributed by atoms with E-state index in [-0.39, 0.29) is 16.8 Å². The Morgan fingerprint density at radius 2 is 1.95 bits per heavy atom. The lowest BCUT2D eigenvalue weighted by molar-refractivity contribution is -0.275. The number of methoxy groups -OCH3 is 1. The van der Waals surface area contributed by atoms with Crippen LogP contribution in [0, 0.1) is 5.82 Å². The van der Waals surface area contributed by atoms with E-state index in [1.54, 1.807) is 30.6 Å². The molecule has 4 aromatic rings. The lowest BCUT2D eigenvalue weighted by atomic mass is 9.91. The Bertz CT molecular complexity index is 1450. The molecule has 0 spiro atoms. The first-order chi connectivity index (χ1) is 17.4. The predicted octanol–water partition coefficient (Wildman–Crippen LogP) is 4.08. The van der Waals surface area contributed by atoms with Gasteiger partial charge in [0.25, 0.3) is 5.91 Å². The first-order valence-corrected chi connectivity index (χ1v) is 10.8. The molecule has 1 amide bonds. The summed E-state index contributed by atoms with van der Waals surface area (Å²) in [7, 11) is 1.46. The number of benzene rings is 1. The van der Waals surface area contributed by atoms with Gasteiger partial charge in [0.15, 0.2) is 17.2 Å². The molecule has 194 valence electrons. The van der Waals surface area contributed by atoms with Crippen LogP contribution in [0.1, 0.15) is 35.8 Å². The van der Waals surface area contributed by atoms with Crippen LogP contribution < -0.4 is 14.8 Å². The first kappa shape index (κ1) is 25.8. The van der Waals surface area contributed by atoms with Crippen molar-refractivity contribution in [1.82, 2.24) is 24.9 Å². The average Bonchev–Trinajstić information content (AvgIpc) is 3.25. The number of pyridine rings is 1. The summed E-state index contributed by atoms with van der Waals surface area (Å²) in [4.78, 5) is 21.9. The van der Waals surface area contributed by atoms with Crippen molar-refractivity contribution in [2.24, 2.45) is 0 Å². The highest BCUT2D eigenvalue weighted by Crippen LogP contribution is 2.32. The summed E-state index contributed by atoms with van der Waals surface area (Å²) < 4.78 is 62.1. The Balaban J connectivity index is 1.67. The Kier molecular flexibility index (Phi) is 6.74. The van der Waals surface area contributed by atoms with E-state index in [1.165, 1.54) is 31.7 Å². The number of fused-ring (bicyclic) bond motifs is 1. The van der Waals surface area contributed by atoms with Crippen LogP contribution in [0.15, 0.2) is 55.0 Å². The topological polar surface area (TPSA) is 111 Å². The smallest absolute Gasteiger partial charge is 0.481 e. The zero-order chi connectivity index (χ0) is 27.0. The Labute approximate surface area is 207 Å². The van der Waals surface area contributed by atoms with Gasteiger partial charge in [-0.05, 0) is 49.7 Å². The summed E-state index contributed by atoms with van der Waals surface area (Å²) in [6.07, 6.45) is -0.672. The molecule has 2 N–H and O–H groups in total. The van der Waals surface area contributed by atoms with Crippen molar-refractivity contribution in [2.75, 3.05) is 7.11 Å². The van der Waals surface area contributed by atoms with Gasteiger partial charge < -0.3 is 19.9 Å². The van der Waals surface area contributed by atoms with Gasteiger partial charge in [-0.3, -0.25) is 4.79 Å². The van der Waals surface area contributed by atoms with E-state index in [2.05, 4.69) is 25.1 Å². The summed E-state index contributed by atoms with van der Waals surface area (Å²) in [6.45, 7) is 2.72. The predicted molar refractivity (Wildman–Crippen MR) is 122 cm³/mol. The molecule has 9 nitrogen and oxygen atoms in total. The molecule has 3 heterocycles. The normalized spacial score (nSPS) is 12.9. The minimum Gasteiger partial charge on any atom is -0.481 e. The van der Waals surface area contributed by atoms with Crippen LogP contribution in [-0.2, 0) is 0 Å². The van der Waals surface area contributed by atoms with Crippen LogP contribution in [0.3, 0.4) is 0 Å². The molecule has 4 rings (SSSR count). The van der Waals surface area contributed by atoms with Crippen molar-refractivity contribution >= 4 is 11.6 Å². The van der Waals surface area contributed by atoms with Crippen LogP contribution in [0.2, 0.25) is 0 Å². The quantitative estimate of drug-likeness (QED) is 0.354. The number of nitrogens with zero attached hydrogens (tertiary/aromatic N) is 4. The monoisotopic (exact) mass is 519 g/mol. The minimum absolute atomic E-state index is 0.0121. The molecule has 0 fully saturated rings. The van der Waals surface area contributed by atoms with E-state index in [0.29, 0.717) is 17.1 Å². The lowest BCUT2D eigenvalue weighted by Crippen LogP contribution is -2.42. The third-order valence-corrected chi connectivity index (χ3v) is 5.35. The van der Waals surface area contributed by atoms with Gasteiger partial charge in [0.2, 0.25) is 5.88 Å². The molecule has 1 atom stereocenters. The van der Waals surface area contributed by atoms with E-state index >= 15 is 0 Å². The fourth-order valence-electron chi connectivity index (χ4n) is 3.71. The largest absolute Gasteiger partial charge is 0.573 e. The number of ether oxygens (including phenoxy) is 2. The highest BCUT2D eigenvalue weighted by atomic mass is 19.4. The van der Waals surface area contributed by atoms with E-state index < -0.39 is 35.5 Å². The van der Waals surface area contributed by atoms with Crippen LogP contribution in [0.25, 0.3) is 16.9 Å². The van der Waals surface area contributed by atoms with E-state index in [1.807, 2.05) is 0 Å². The number of carbonyl (C=O) groups excluding carboxylic acids is 1. The maximum absolute atomic E-state index is 14.4. The fourth-order valence-corrected chi connectivity index (χ4v) is 3.71. The summed E-state index contributed by atoms with van der Waals surface area (Å²) in [5.41, 5.74) is -0.386. The summed E-state index contributed by atoms with van der Waals surface area (Å²) in [5, 5.41) is 17.4. The highest BCUT2D eigenvalue weighted by molar-refractivity contribution is 6.00. The number of aromatic nitrogens is 4. The van der Waals surface area contributed by atoms with Crippen LogP contribution in [-0.4, -0.2) is 49.7 Å². The van der Waals surface area contributed by atoms with Crippen molar-refractivity contribution in [3.8, 4) is 22.9 Å². The maximum atomic E-state index is 14.4. The summed E-state index contributed by atoms with van der Waals surface area (Å²) in [6, 6.07) is 6.53. The molecule has 0 unspecified atom stereocenters. The van der Waals surface area contributed by atoms with Gasteiger partial charge in [0, 0.05) is 12.4 Å². The number of alkyl halides is 3. The highest BCUT2D eigenvalue weighted by Gasteiger charge is 2.34. The van der Waals surface area contributed by atoms with Gasteiger partial charge in [-0.15, -0.1) is 13.2 Å². The zero-order valence-electron chi connectivity index (χ0n) is 19.7. The molecular weight excluding hydrogens is 498 g/mol. The number of hydrogen-bond acceptors (Lipinski definition) is 7. The Morgan fingerprint density at radius 1 is 1.19 bits per heavy atom.